The third-order valence-electron chi connectivity index (χ3n) is 5.34. The summed E-state index contributed by atoms with van der Waals surface area (Å²) in [5, 5.41) is 4.41. The highest BCUT2D eigenvalue weighted by Crippen LogP contribution is 2.38. The van der Waals surface area contributed by atoms with Crippen LogP contribution >= 0.6 is 11.6 Å². The van der Waals surface area contributed by atoms with Gasteiger partial charge in [0.05, 0.1) is 19.5 Å². The quantitative estimate of drug-likeness (QED) is 0.266. The summed E-state index contributed by atoms with van der Waals surface area (Å²) in [5.41, 5.74) is 4.96. The molecule has 1 N–H and O–H groups in total. The minimum atomic E-state index is -0.235. The normalized spacial score (nSPS) is 11.5. The molecule has 34 heavy (non-hydrogen) atoms. The maximum Gasteiger partial charge on any atom is 0.248 e. The Bertz CT molecular complexity index is 1320. The van der Waals surface area contributed by atoms with Crippen molar-refractivity contribution in [1.29, 1.82) is 0 Å². The Morgan fingerprint density at radius 1 is 1.00 bits per heavy atom. The molecule has 0 aliphatic heterocycles. The topological polar surface area (TPSA) is 60.7 Å². The Hall–Kier alpha value is -3.70. The van der Waals surface area contributed by atoms with E-state index in [0.29, 0.717) is 29.7 Å². The Kier molecular flexibility index (Phi) is 7.24. The zero-order valence-electron chi connectivity index (χ0n) is 19.4. The molecule has 1 heterocycles. The number of ether oxygens (including phenoxy) is 2. The summed E-state index contributed by atoms with van der Waals surface area (Å²) in [5.74, 6) is 1.25. The lowest BCUT2D eigenvalue weighted by Crippen LogP contribution is -2.08. The van der Waals surface area contributed by atoms with Gasteiger partial charge in [0.2, 0.25) is 5.91 Å². The molecule has 0 spiro atoms. The standard InChI is InChI=1S/C28H26ClNO4/c1-4-32-22-12-6-19(7-13-22)25-17-34-27-16-26(33-5-2)23(15-24(25)27)18(3)14-28(31)30-21-10-8-20(29)9-11-21/h6-17H,4-5H2,1-3H3,(H,30,31)/b18-14+. The van der Waals surface area contributed by atoms with Gasteiger partial charge in [0.15, 0.2) is 0 Å². The molecule has 0 radical (unpaired) electrons. The number of carbonyl (C=O) groups excluding carboxylic acids is 1. The molecule has 0 fully saturated rings. The Balaban J connectivity index is 1.69. The van der Waals surface area contributed by atoms with Crippen molar-refractivity contribution in [3.63, 3.8) is 0 Å². The number of nitrogens with one attached hydrogen (secondary N) is 1. The number of anilines is 1. The molecule has 174 valence electrons. The van der Waals surface area contributed by atoms with Crippen LogP contribution in [0.5, 0.6) is 11.5 Å². The molecule has 0 unspecified atom stereocenters. The van der Waals surface area contributed by atoms with Crippen molar-refractivity contribution in [3.8, 4) is 22.6 Å². The molecule has 0 atom stereocenters. The van der Waals surface area contributed by atoms with Crippen LogP contribution in [0.1, 0.15) is 26.3 Å². The van der Waals surface area contributed by atoms with Crippen LogP contribution in [-0.4, -0.2) is 19.1 Å². The second-order valence-corrected chi connectivity index (χ2v) is 8.14. The number of hydrogen-bond acceptors (Lipinski definition) is 4. The van der Waals surface area contributed by atoms with Crippen LogP contribution in [0.3, 0.4) is 0 Å². The molecular weight excluding hydrogens is 450 g/mol. The predicted octanol–water partition coefficient (Wildman–Crippen LogP) is 7.59. The summed E-state index contributed by atoms with van der Waals surface area (Å²) in [7, 11) is 0. The van der Waals surface area contributed by atoms with Crippen molar-refractivity contribution in [2.45, 2.75) is 20.8 Å². The smallest absolute Gasteiger partial charge is 0.248 e. The van der Waals surface area contributed by atoms with E-state index >= 15 is 0 Å². The van der Waals surface area contributed by atoms with Gasteiger partial charge in [-0.1, -0.05) is 23.7 Å². The summed E-state index contributed by atoms with van der Waals surface area (Å²) in [6.07, 6.45) is 3.31. The van der Waals surface area contributed by atoms with E-state index in [-0.39, 0.29) is 5.91 Å². The van der Waals surface area contributed by atoms with Gasteiger partial charge in [-0.25, -0.2) is 0 Å². The van der Waals surface area contributed by atoms with Gasteiger partial charge in [0.25, 0.3) is 0 Å². The van der Waals surface area contributed by atoms with E-state index in [9.17, 15) is 4.79 Å². The van der Waals surface area contributed by atoms with Gasteiger partial charge in [-0.05, 0) is 74.4 Å². The monoisotopic (exact) mass is 475 g/mol. The zero-order valence-corrected chi connectivity index (χ0v) is 20.1. The maximum absolute atomic E-state index is 12.6. The van der Waals surface area contributed by atoms with Crippen LogP contribution < -0.4 is 14.8 Å². The third-order valence-corrected chi connectivity index (χ3v) is 5.59. The molecule has 0 aliphatic rings. The van der Waals surface area contributed by atoms with Gasteiger partial charge in [-0.15, -0.1) is 0 Å². The van der Waals surface area contributed by atoms with E-state index < -0.39 is 0 Å². The second kappa shape index (κ2) is 10.5. The largest absolute Gasteiger partial charge is 0.494 e. The van der Waals surface area contributed by atoms with Crippen LogP contribution in [0.2, 0.25) is 5.02 Å². The highest BCUT2D eigenvalue weighted by molar-refractivity contribution is 6.30. The molecule has 4 rings (SSSR count). The molecule has 1 aromatic heterocycles. The maximum atomic E-state index is 12.6. The molecule has 3 aromatic carbocycles. The number of carbonyl (C=O) groups is 1. The summed E-state index contributed by atoms with van der Waals surface area (Å²) in [4.78, 5) is 12.6. The Morgan fingerprint density at radius 2 is 1.71 bits per heavy atom. The van der Waals surface area contributed by atoms with Gasteiger partial charge in [0, 0.05) is 39.4 Å². The van der Waals surface area contributed by atoms with Crippen LogP contribution in [0.4, 0.5) is 5.69 Å². The Labute approximate surface area is 203 Å². The lowest BCUT2D eigenvalue weighted by Gasteiger charge is -2.12. The predicted molar refractivity (Wildman–Crippen MR) is 138 cm³/mol. The number of halogens is 1. The molecule has 1 amide bonds. The van der Waals surface area contributed by atoms with E-state index in [0.717, 1.165) is 39.0 Å². The molecular formula is C28H26ClNO4. The second-order valence-electron chi connectivity index (χ2n) is 7.71. The number of hydrogen-bond donors (Lipinski definition) is 1. The van der Waals surface area contributed by atoms with Crippen molar-refractivity contribution in [3.05, 3.63) is 83.6 Å². The number of furan rings is 1. The van der Waals surface area contributed by atoms with Gasteiger partial charge >= 0.3 is 0 Å². The molecule has 5 nitrogen and oxygen atoms in total. The van der Waals surface area contributed by atoms with Crippen molar-refractivity contribution in [2.75, 3.05) is 18.5 Å². The van der Waals surface area contributed by atoms with Crippen LogP contribution in [0, 0.1) is 0 Å². The average molecular weight is 476 g/mol. The van der Waals surface area contributed by atoms with E-state index in [4.69, 9.17) is 25.5 Å². The first-order valence-corrected chi connectivity index (χ1v) is 11.5. The van der Waals surface area contributed by atoms with Crippen molar-refractivity contribution in [1.82, 2.24) is 0 Å². The number of fused-ring (bicyclic) bond motifs is 1. The fourth-order valence-electron chi connectivity index (χ4n) is 3.75. The Morgan fingerprint density at radius 3 is 2.38 bits per heavy atom. The SMILES string of the molecule is CCOc1ccc(-c2coc3cc(OCC)c(/C(C)=C/C(=O)Nc4ccc(Cl)cc4)cc23)cc1. The summed E-state index contributed by atoms with van der Waals surface area (Å²) >= 11 is 5.92. The molecule has 4 aromatic rings. The van der Waals surface area contributed by atoms with Gasteiger partial charge in [0.1, 0.15) is 17.1 Å². The minimum absolute atomic E-state index is 0.235. The van der Waals surface area contributed by atoms with E-state index in [2.05, 4.69) is 5.32 Å². The average Bonchev–Trinajstić information content (AvgIpc) is 3.24. The van der Waals surface area contributed by atoms with E-state index in [1.54, 1.807) is 36.6 Å². The zero-order chi connectivity index (χ0) is 24.1. The van der Waals surface area contributed by atoms with Gasteiger partial charge in [-0.3, -0.25) is 4.79 Å². The number of benzene rings is 3. The number of rotatable bonds is 8. The number of allylic oxidation sites excluding steroid dienone is 1. The lowest BCUT2D eigenvalue weighted by molar-refractivity contribution is -0.111. The van der Waals surface area contributed by atoms with Crippen molar-refractivity contribution < 1.29 is 18.7 Å². The summed E-state index contributed by atoms with van der Waals surface area (Å²) in [6, 6.07) is 18.8. The van der Waals surface area contributed by atoms with Crippen molar-refractivity contribution in [2.24, 2.45) is 0 Å². The highest BCUT2D eigenvalue weighted by Gasteiger charge is 2.15. The lowest BCUT2D eigenvalue weighted by atomic mass is 9.99. The fourth-order valence-corrected chi connectivity index (χ4v) is 3.87. The van der Waals surface area contributed by atoms with Crippen molar-refractivity contribution >= 4 is 39.7 Å². The fraction of sp³-hybridized carbons (Fsp3) is 0.179. The van der Waals surface area contributed by atoms with Gasteiger partial charge in [-0.2, -0.15) is 0 Å². The van der Waals surface area contributed by atoms with Crippen LogP contribution in [0.15, 0.2) is 77.4 Å². The molecule has 0 aliphatic carbocycles. The number of amides is 1. The van der Waals surface area contributed by atoms with Crippen LogP contribution in [-0.2, 0) is 4.79 Å². The minimum Gasteiger partial charge on any atom is -0.494 e. The molecule has 0 saturated carbocycles. The molecule has 6 heteroatoms. The van der Waals surface area contributed by atoms with E-state index in [1.807, 2.05) is 57.2 Å². The summed E-state index contributed by atoms with van der Waals surface area (Å²) < 4.78 is 17.3. The van der Waals surface area contributed by atoms with Gasteiger partial charge < -0.3 is 19.2 Å². The highest BCUT2D eigenvalue weighted by atomic mass is 35.5. The first-order chi connectivity index (χ1) is 16.5. The van der Waals surface area contributed by atoms with Crippen LogP contribution in [0.25, 0.3) is 27.7 Å². The molecule has 0 saturated heterocycles. The summed E-state index contributed by atoms with van der Waals surface area (Å²) in [6.45, 7) is 6.89. The first kappa shape index (κ1) is 23.5. The third kappa shape index (κ3) is 5.26. The van der Waals surface area contributed by atoms with E-state index in [1.165, 1.54) is 0 Å². The first-order valence-electron chi connectivity index (χ1n) is 11.1. The molecule has 0 bridgehead atoms.